The molecule has 1 unspecified atom stereocenters. The maximum absolute atomic E-state index is 3.77. The van der Waals surface area contributed by atoms with Gasteiger partial charge < -0.3 is 15.2 Å². The van der Waals surface area contributed by atoms with E-state index >= 15 is 0 Å². The Hall–Kier alpha value is -4.93. The molecule has 0 aliphatic carbocycles. The van der Waals surface area contributed by atoms with Crippen LogP contribution in [0.2, 0.25) is 0 Å². The summed E-state index contributed by atoms with van der Waals surface area (Å²) in [5.41, 5.74) is 13.8. The van der Waals surface area contributed by atoms with E-state index in [1.54, 1.807) is 0 Å². The van der Waals surface area contributed by atoms with Crippen molar-refractivity contribution < 1.29 is 0 Å². The third-order valence-corrected chi connectivity index (χ3v) is 10.8. The zero-order valence-electron chi connectivity index (χ0n) is 25.3. The number of hydrogen-bond acceptors (Lipinski definition) is 3. The van der Waals surface area contributed by atoms with Crippen LogP contribution in [0.5, 0.6) is 0 Å². The summed E-state index contributed by atoms with van der Waals surface area (Å²) in [7, 11) is 0. The molecule has 0 spiro atoms. The molecular formula is C41H33N3S. The second-order valence-electron chi connectivity index (χ2n) is 12.9. The van der Waals surface area contributed by atoms with E-state index < -0.39 is 0 Å². The van der Waals surface area contributed by atoms with E-state index in [4.69, 9.17) is 0 Å². The van der Waals surface area contributed by atoms with Crippen LogP contribution < -0.4 is 10.2 Å². The number of H-pyrrole nitrogens is 1. The van der Waals surface area contributed by atoms with Crippen LogP contribution in [-0.4, -0.2) is 4.98 Å². The number of aromatic amines is 1. The average Bonchev–Trinajstić information content (AvgIpc) is 3.66. The highest BCUT2D eigenvalue weighted by atomic mass is 32.2. The SMILES string of the molecule is CC1(C)Cc2ccccc2N(c2ccccc2)c2ccc(-c3ccc4[nH]c5c6c(ccc5c4c3)NC(c3ccccc3)S6)cc21. The molecule has 1 aromatic heterocycles. The fraction of sp³-hybridized carbons (Fsp3) is 0.122. The third-order valence-electron chi connectivity index (χ3n) is 9.53. The van der Waals surface area contributed by atoms with Gasteiger partial charge in [-0.25, -0.2) is 0 Å². The summed E-state index contributed by atoms with van der Waals surface area (Å²) in [6.45, 7) is 4.78. The van der Waals surface area contributed by atoms with Crippen molar-refractivity contribution in [3.8, 4) is 11.1 Å². The van der Waals surface area contributed by atoms with Gasteiger partial charge in [0, 0.05) is 33.4 Å². The van der Waals surface area contributed by atoms with E-state index in [9.17, 15) is 0 Å². The Bertz CT molecular complexity index is 2230. The zero-order chi connectivity index (χ0) is 30.1. The molecule has 218 valence electrons. The lowest BCUT2D eigenvalue weighted by Gasteiger charge is -2.30. The maximum atomic E-state index is 3.77. The standard InChI is InChI=1S/C41H33N3S/c1-41(2)25-29-13-9-10-16-36(29)44(30-14-7-4-8-15-30)37-22-18-28(24-33(37)41)27-17-20-34-32(23-27)31-19-21-35-39(38(31)42-34)45-40(43-35)26-11-5-3-6-12-26/h3-24,40,42-43H,25H2,1-2H3. The van der Waals surface area contributed by atoms with Gasteiger partial charge in [0.2, 0.25) is 0 Å². The van der Waals surface area contributed by atoms with Crippen molar-refractivity contribution in [1.29, 1.82) is 0 Å². The van der Waals surface area contributed by atoms with Gasteiger partial charge in [-0.3, -0.25) is 0 Å². The van der Waals surface area contributed by atoms with Crippen molar-refractivity contribution in [1.82, 2.24) is 4.98 Å². The maximum Gasteiger partial charge on any atom is 0.103 e. The van der Waals surface area contributed by atoms with Gasteiger partial charge >= 0.3 is 0 Å². The monoisotopic (exact) mass is 599 g/mol. The molecular weight excluding hydrogens is 567 g/mol. The number of para-hydroxylation sites is 2. The number of nitrogens with one attached hydrogen (secondary N) is 2. The van der Waals surface area contributed by atoms with Crippen LogP contribution in [0.15, 0.2) is 138 Å². The highest BCUT2D eigenvalue weighted by molar-refractivity contribution is 8.00. The first kappa shape index (κ1) is 26.5. The Morgan fingerprint density at radius 2 is 1.42 bits per heavy atom. The fourth-order valence-electron chi connectivity index (χ4n) is 7.31. The molecule has 2 aliphatic rings. The molecule has 0 saturated carbocycles. The molecule has 0 fully saturated rings. The minimum absolute atomic E-state index is 0.0457. The summed E-state index contributed by atoms with van der Waals surface area (Å²) in [5, 5.41) is 6.49. The number of thioether (sulfide) groups is 1. The number of fused-ring (bicyclic) bond motifs is 7. The molecule has 2 aliphatic heterocycles. The summed E-state index contributed by atoms with van der Waals surface area (Å²) >= 11 is 1.90. The number of aromatic nitrogens is 1. The summed E-state index contributed by atoms with van der Waals surface area (Å²) in [5.74, 6) is 0. The lowest BCUT2D eigenvalue weighted by atomic mass is 9.78. The molecule has 9 rings (SSSR count). The molecule has 45 heavy (non-hydrogen) atoms. The Labute approximate surface area is 267 Å². The average molecular weight is 600 g/mol. The third kappa shape index (κ3) is 4.27. The van der Waals surface area contributed by atoms with E-state index in [1.165, 1.54) is 77.3 Å². The number of rotatable bonds is 3. The largest absolute Gasteiger partial charge is 0.368 e. The molecule has 3 heterocycles. The van der Waals surface area contributed by atoms with Crippen molar-refractivity contribution in [2.45, 2.75) is 36.0 Å². The van der Waals surface area contributed by atoms with Crippen LogP contribution >= 0.6 is 11.8 Å². The number of anilines is 4. The number of nitrogens with zero attached hydrogens (tertiary/aromatic N) is 1. The van der Waals surface area contributed by atoms with Crippen LogP contribution in [0.25, 0.3) is 32.9 Å². The van der Waals surface area contributed by atoms with Crippen LogP contribution in [-0.2, 0) is 11.8 Å². The molecule has 0 saturated heterocycles. The van der Waals surface area contributed by atoms with Crippen LogP contribution in [0.1, 0.15) is 35.9 Å². The van der Waals surface area contributed by atoms with Crippen LogP contribution in [0.3, 0.4) is 0 Å². The molecule has 0 bridgehead atoms. The lowest BCUT2D eigenvalue weighted by molar-refractivity contribution is 0.528. The molecule has 7 aromatic rings. The van der Waals surface area contributed by atoms with Gasteiger partial charge in [0.15, 0.2) is 0 Å². The second kappa shape index (κ2) is 10.0. The molecule has 0 amide bonds. The van der Waals surface area contributed by atoms with Gasteiger partial charge in [-0.1, -0.05) is 111 Å². The fourth-order valence-corrected chi connectivity index (χ4v) is 8.56. The van der Waals surface area contributed by atoms with E-state index in [0.717, 1.165) is 6.42 Å². The van der Waals surface area contributed by atoms with Gasteiger partial charge in [-0.15, -0.1) is 0 Å². The van der Waals surface area contributed by atoms with Crippen molar-refractivity contribution in [2.75, 3.05) is 10.2 Å². The minimum Gasteiger partial charge on any atom is -0.368 e. The van der Waals surface area contributed by atoms with Crippen molar-refractivity contribution in [3.63, 3.8) is 0 Å². The van der Waals surface area contributed by atoms with Gasteiger partial charge in [0.25, 0.3) is 0 Å². The first-order valence-electron chi connectivity index (χ1n) is 15.7. The molecule has 2 N–H and O–H groups in total. The summed E-state index contributed by atoms with van der Waals surface area (Å²) in [6, 6.07) is 48.8. The summed E-state index contributed by atoms with van der Waals surface area (Å²) < 4.78 is 0. The summed E-state index contributed by atoms with van der Waals surface area (Å²) in [6.07, 6.45) is 0.977. The van der Waals surface area contributed by atoms with E-state index in [2.05, 4.69) is 163 Å². The first-order valence-corrected chi connectivity index (χ1v) is 16.6. The van der Waals surface area contributed by atoms with E-state index in [-0.39, 0.29) is 10.8 Å². The summed E-state index contributed by atoms with van der Waals surface area (Å²) in [4.78, 5) is 7.51. The van der Waals surface area contributed by atoms with Crippen molar-refractivity contribution in [2.24, 2.45) is 0 Å². The molecule has 1 atom stereocenters. The van der Waals surface area contributed by atoms with E-state index in [1.807, 2.05) is 11.8 Å². The molecule has 0 radical (unpaired) electrons. The second-order valence-corrected chi connectivity index (χ2v) is 14.0. The van der Waals surface area contributed by atoms with Gasteiger partial charge in [-0.05, 0) is 88.2 Å². The Morgan fingerprint density at radius 1 is 0.689 bits per heavy atom. The van der Waals surface area contributed by atoms with Gasteiger partial charge in [0.1, 0.15) is 5.37 Å². The normalized spacial score (nSPS) is 16.6. The Kier molecular flexibility index (Phi) is 5.91. The smallest absolute Gasteiger partial charge is 0.103 e. The van der Waals surface area contributed by atoms with Gasteiger partial charge in [0.05, 0.1) is 16.1 Å². The van der Waals surface area contributed by atoms with Gasteiger partial charge in [-0.2, -0.15) is 0 Å². The topological polar surface area (TPSA) is 31.1 Å². The van der Waals surface area contributed by atoms with E-state index in [0.29, 0.717) is 0 Å². The van der Waals surface area contributed by atoms with Crippen LogP contribution in [0, 0.1) is 0 Å². The Morgan fingerprint density at radius 3 is 2.27 bits per heavy atom. The van der Waals surface area contributed by atoms with Crippen molar-refractivity contribution >= 4 is 56.3 Å². The quantitative estimate of drug-likeness (QED) is 0.212. The highest BCUT2D eigenvalue weighted by Gasteiger charge is 2.33. The minimum atomic E-state index is -0.0457. The predicted octanol–water partition coefficient (Wildman–Crippen LogP) is 11.5. The molecule has 6 aromatic carbocycles. The zero-order valence-corrected chi connectivity index (χ0v) is 26.2. The molecule has 4 heteroatoms. The lowest BCUT2D eigenvalue weighted by Crippen LogP contribution is -2.20. The van der Waals surface area contributed by atoms with Crippen molar-refractivity contribution in [3.05, 3.63) is 150 Å². The highest BCUT2D eigenvalue weighted by Crippen LogP contribution is 2.51. The Balaban J connectivity index is 1.15. The number of benzene rings is 6. The number of hydrogen-bond donors (Lipinski definition) is 2. The predicted molar refractivity (Wildman–Crippen MR) is 191 cm³/mol. The first-order chi connectivity index (χ1) is 22.0. The molecule has 3 nitrogen and oxygen atoms in total. The van der Waals surface area contributed by atoms with Crippen LogP contribution in [0.4, 0.5) is 22.7 Å².